The molecular formula is C14H17BrF3NO. The Kier molecular flexibility index (Phi) is 4.96. The van der Waals surface area contributed by atoms with E-state index < -0.39 is 11.7 Å². The Hall–Kier alpha value is -0.750. The first-order valence-electron chi connectivity index (χ1n) is 6.59. The summed E-state index contributed by atoms with van der Waals surface area (Å²) in [5, 5.41) is 3.34. The van der Waals surface area contributed by atoms with Crippen molar-refractivity contribution >= 4 is 15.9 Å². The lowest BCUT2D eigenvalue weighted by Crippen LogP contribution is -2.35. The van der Waals surface area contributed by atoms with E-state index in [1.165, 1.54) is 7.11 Å². The highest BCUT2D eigenvalue weighted by atomic mass is 79.9. The van der Waals surface area contributed by atoms with Crippen molar-refractivity contribution in [1.82, 2.24) is 5.32 Å². The molecule has 6 heteroatoms. The fourth-order valence-corrected chi connectivity index (χ4v) is 3.12. The lowest BCUT2D eigenvalue weighted by molar-refractivity contribution is -0.138. The van der Waals surface area contributed by atoms with Crippen molar-refractivity contribution in [3.05, 3.63) is 27.7 Å². The number of hydrogen-bond donors (Lipinski definition) is 1. The van der Waals surface area contributed by atoms with Crippen molar-refractivity contribution in [2.75, 3.05) is 13.7 Å². The smallest absolute Gasteiger partial charge is 0.420 e. The molecule has 112 valence electrons. The zero-order chi connectivity index (χ0) is 14.8. The van der Waals surface area contributed by atoms with E-state index in [1.807, 2.05) is 0 Å². The normalized spacial score (nSPS) is 19.9. The molecule has 1 aliphatic rings. The van der Waals surface area contributed by atoms with E-state index >= 15 is 0 Å². The molecule has 1 atom stereocenters. The number of nitrogens with one attached hydrogen (secondary N) is 1. The van der Waals surface area contributed by atoms with Gasteiger partial charge in [-0.3, -0.25) is 0 Å². The third kappa shape index (κ3) is 3.67. The van der Waals surface area contributed by atoms with Gasteiger partial charge in [0.2, 0.25) is 0 Å². The summed E-state index contributed by atoms with van der Waals surface area (Å²) in [6, 6.07) is 2.99. The fraction of sp³-hybridized carbons (Fsp3) is 0.571. The Morgan fingerprint density at radius 3 is 2.65 bits per heavy atom. The highest BCUT2D eigenvalue weighted by Gasteiger charge is 2.36. The molecule has 0 amide bonds. The zero-order valence-electron chi connectivity index (χ0n) is 11.2. The molecule has 2 rings (SSSR count). The summed E-state index contributed by atoms with van der Waals surface area (Å²) < 4.78 is 44.6. The molecule has 1 aliphatic heterocycles. The number of hydrogen-bond acceptors (Lipinski definition) is 2. The minimum absolute atomic E-state index is 0.0620. The minimum atomic E-state index is -4.41. The van der Waals surface area contributed by atoms with Crippen molar-refractivity contribution in [2.24, 2.45) is 0 Å². The highest BCUT2D eigenvalue weighted by Crippen LogP contribution is 2.40. The van der Waals surface area contributed by atoms with Gasteiger partial charge in [0.25, 0.3) is 0 Å². The van der Waals surface area contributed by atoms with Gasteiger partial charge in [-0.25, -0.2) is 0 Å². The SMILES string of the molecule is COc1c(CC2CCCCN2)cc(Br)cc1C(F)(F)F. The maximum Gasteiger partial charge on any atom is 0.420 e. The van der Waals surface area contributed by atoms with Gasteiger partial charge in [-0.05, 0) is 43.5 Å². The predicted molar refractivity (Wildman–Crippen MR) is 75.0 cm³/mol. The van der Waals surface area contributed by atoms with Crippen LogP contribution in [0.4, 0.5) is 13.2 Å². The van der Waals surface area contributed by atoms with Gasteiger partial charge in [0.05, 0.1) is 12.7 Å². The average Bonchev–Trinajstić information content (AvgIpc) is 2.38. The molecule has 0 radical (unpaired) electrons. The topological polar surface area (TPSA) is 21.3 Å². The molecule has 1 N–H and O–H groups in total. The second-order valence-corrected chi connectivity index (χ2v) is 5.91. The number of ether oxygens (including phenoxy) is 1. The first-order chi connectivity index (χ1) is 9.41. The van der Waals surface area contributed by atoms with Crippen LogP contribution in [0.1, 0.15) is 30.4 Å². The number of halogens is 4. The summed E-state index contributed by atoms with van der Waals surface area (Å²) in [6.45, 7) is 0.924. The summed E-state index contributed by atoms with van der Waals surface area (Å²) in [4.78, 5) is 0. The van der Waals surface area contributed by atoms with Crippen LogP contribution in [0.2, 0.25) is 0 Å². The molecule has 0 spiro atoms. The summed E-state index contributed by atoms with van der Waals surface area (Å²) >= 11 is 3.16. The summed E-state index contributed by atoms with van der Waals surface area (Å²) in [6.07, 6.45) is -0.646. The van der Waals surface area contributed by atoms with Crippen molar-refractivity contribution in [3.63, 3.8) is 0 Å². The molecule has 1 fully saturated rings. The minimum Gasteiger partial charge on any atom is -0.496 e. The monoisotopic (exact) mass is 351 g/mol. The maximum absolute atomic E-state index is 13.1. The van der Waals surface area contributed by atoms with E-state index in [4.69, 9.17) is 4.74 Å². The molecule has 1 aromatic rings. The lowest BCUT2D eigenvalue weighted by atomic mass is 9.96. The first kappa shape index (κ1) is 15.6. The van der Waals surface area contributed by atoms with Crippen LogP contribution in [0, 0.1) is 0 Å². The van der Waals surface area contributed by atoms with Gasteiger partial charge in [0.1, 0.15) is 5.75 Å². The van der Waals surface area contributed by atoms with E-state index in [0.717, 1.165) is 31.9 Å². The van der Waals surface area contributed by atoms with Crippen molar-refractivity contribution in [1.29, 1.82) is 0 Å². The van der Waals surface area contributed by atoms with E-state index in [0.29, 0.717) is 16.5 Å². The number of rotatable bonds is 3. The third-order valence-electron chi connectivity index (χ3n) is 3.52. The molecule has 1 saturated heterocycles. The second kappa shape index (κ2) is 6.35. The van der Waals surface area contributed by atoms with E-state index in [2.05, 4.69) is 21.2 Å². The molecular weight excluding hydrogens is 335 g/mol. The van der Waals surface area contributed by atoms with Crippen LogP contribution in [0.25, 0.3) is 0 Å². The quantitative estimate of drug-likeness (QED) is 0.882. The molecule has 0 aliphatic carbocycles. The molecule has 1 aromatic carbocycles. The first-order valence-corrected chi connectivity index (χ1v) is 7.38. The Morgan fingerprint density at radius 2 is 2.10 bits per heavy atom. The van der Waals surface area contributed by atoms with Crippen LogP contribution in [0.3, 0.4) is 0 Å². The molecule has 20 heavy (non-hydrogen) atoms. The van der Waals surface area contributed by atoms with Gasteiger partial charge in [0.15, 0.2) is 0 Å². The van der Waals surface area contributed by atoms with Crippen molar-refractivity contribution < 1.29 is 17.9 Å². The van der Waals surface area contributed by atoms with Crippen LogP contribution < -0.4 is 10.1 Å². The molecule has 0 saturated carbocycles. The summed E-state index contributed by atoms with van der Waals surface area (Å²) in [5.41, 5.74) is -0.131. The number of piperidine rings is 1. The molecule has 2 nitrogen and oxygen atoms in total. The number of benzene rings is 1. The van der Waals surface area contributed by atoms with Crippen LogP contribution in [-0.2, 0) is 12.6 Å². The van der Waals surface area contributed by atoms with Gasteiger partial charge in [-0.15, -0.1) is 0 Å². The maximum atomic E-state index is 13.1. The Labute approximate surface area is 124 Å². The van der Waals surface area contributed by atoms with Crippen LogP contribution in [-0.4, -0.2) is 19.7 Å². The van der Waals surface area contributed by atoms with Crippen molar-refractivity contribution in [3.8, 4) is 5.75 Å². The van der Waals surface area contributed by atoms with Gasteiger partial charge in [-0.1, -0.05) is 22.4 Å². The van der Waals surface area contributed by atoms with Gasteiger partial charge in [0, 0.05) is 10.5 Å². The molecule has 1 unspecified atom stereocenters. The molecule has 0 bridgehead atoms. The Morgan fingerprint density at radius 1 is 1.35 bits per heavy atom. The van der Waals surface area contributed by atoms with Gasteiger partial charge >= 0.3 is 6.18 Å². The summed E-state index contributed by atoms with van der Waals surface area (Å²) in [5.74, 6) is -0.0620. The van der Waals surface area contributed by atoms with Gasteiger partial charge in [-0.2, -0.15) is 13.2 Å². The van der Waals surface area contributed by atoms with Crippen LogP contribution in [0.5, 0.6) is 5.75 Å². The fourth-order valence-electron chi connectivity index (χ4n) is 2.62. The average molecular weight is 352 g/mol. The highest BCUT2D eigenvalue weighted by molar-refractivity contribution is 9.10. The second-order valence-electron chi connectivity index (χ2n) is 4.99. The van der Waals surface area contributed by atoms with E-state index in [-0.39, 0.29) is 11.8 Å². The zero-order valence-corrected chi connectivity index (χ0v) is 12.8. The standard InChI is InChI=1S/C14H17BrF3NO/c1-20-13-9(7-11-4-2-3-5-19-11)6-10(15)8-12(13)14(16,17)18/h6,8,11,19H,2-5,7H2,1H3. The Balaban J connectivity index is 2.33. The van der Waals surface area contributed by atoms with Gasteiger partial charge < -0.3 is 10.1 Å². The number of methoxy groups -OCH3 is 1. The Bertz CT molecular complexity index is 470. The van der Waals surface area contributed by atoms with Crippen LogP contribution in [0.15, 0.2) is 16.6 Å². The van der Waals surface area contributed by atoms with E-state index in [9.17, 15) is 13.2 Å². The number of alkyl halides is 3. The predicted octanol–water partition coefficient (Wildman–Crippen LogP) is 4.16. The third-order valence-corrected chi connectivity index (χ3v) is 3.98. The van der Waals surface area contributed by atoms with Crippen molar-refractivity contribution in [2.45, 2.75) is 37.9 Å². The van der Waals surface area contributed by atoms with Crippen LogP contribution >= 0.6 is 15.9 Å². The lowest BCUT2D eigenvalue weighted by Gasteiger charge is -2.25. The largest absolute Gasteiger partial charge is 0.496 e. The molecule has 1 heterocycles. The van der Waals surface area contributed by atoms with E-state index in [1.54, 1.807) is 6.07 Å². The summed E-state index contributed by atoms with van der Waals surface area (Å²) in [7, 11) is 1.29. The molecule has 0 aromatic heterocycles.